The van der Waals surface area contributed by atoms with Gasteiger partial charge < -0.3 is 15.4 Å². The molecule has 0 saturated heterocycles. The standard InChI is InChI=1S/C20H24F3N3O3S/c1-14-11-15(7-8-18(14)30(3,27)28)13-26-19(24-2)25-9-10-29-17-6-4-5-16(12-17)20(21,22)23/h4-8,11-12H,9-10,13H2,1-3H3,(H2,24,25,26). The number of benzene rings is 2. The SMILES string of the molecule is CN=C(NCCOc1cccc(C(F)(F)F)c1)NCc1ccc(S(C)(=O)=O)c(C)c1. The van der Waals surface area contributed by atoms with Crippen molar-refractivity contribution in [3.8, 4) is 5.75 Å². The van der Waals surface area contributed by atoms with Crippen molar-refractivity contribution in [1.29, 1.82) is 0 Å². The van der Waals surface area contributed by atoms with E-state index in [0.717, 1.165) is 17.7 Å². The molecule has 0 heterocycles. The number of ether oxygens (including phenoxy) is 1. The lowest BCUT2D eigenvalue weighted by Gasteiger charge is -2.14. The smallest absolute Gasteiger partial charge is 0.416 e. The quantitative estimate of drug-likeness (QED) is 0.390. The van der Waals surface area contributed by atoms with Crippen molar-refractivity contribution >= 4 is 15.8 Å². The Morgan fingerprint density at radius 1 is 1.13 bits per heavy atom. The third kappa shape index (κ3) is 6.94. The molecule has 0 aliphatic heterocycles. The third-order valence-corrected chi connectivity index (χ3v) is 5.40. The summed E-state index contributed by atoms with van der Waals surface area (Å²) >= 11 is 0. The van der Waals surface area contributed by atoms with E-state index >= 15 is 0 Å². The highest BCUT2D eigenvalue weighted by Crippen LogP contribution is 2.31. The van der Waals surface area contributed by atoms with Crippen molar-refractivity contribution in [2.75, 3.05) is 26.5 Å². The molecule has 0 aliphatic carbocycles. The highest BCUT2D eigenvalue weighted by Gasteiger charge is 2.30. The van der Waals surface area contributed by atoms with Gasteiger partial charge in [-0.1, -0.05) is 18.2 Å². The van der Waals surface area contributed by atoms with Crippen LogP contribution in [0.2, 0.25) is 0 Å². The Balaban J connectivity index is 1.83. The van der Waals surface area contributed by atoms with Gasteiger partial charge in [0.2, 0.25) is 0 Å². The number of aryl methyl sites for hydroxylation is 1. The molecular weight excluding hydrogens is 419 g/mol. The van der Waals surface area contributed by atoms with Crippen molar-refractivity contribution in [2.45, 2.75) is 24.5 Å². The zero-order chi connectivity index (χ0) is 22.4. The van der Waals surface area contributed by atoms with Gasteiger partial charge in [-0.25, -0.2) is 8.42 Å². The average Bonchev–Trinajstić information content (AvgIpc) is 2.66. The molecule has 0 bridgehead atoms. The molecule has 0 unspecified atom stereocenters. The van der Waals surface area contributed by atoms with Crippen molar-refractivity contribution in [3.63, 3.8) is 0 Å². The molecule has 2 rings (SSSR count). The van der Waals surface area contributed by atoms with Gasteiger partial charge in [0.05, 0.1) is 17.0 Å². The van der Waals surface area contributed by atoms with Crippen LogP contribution in [0.4, 0.5) is 13.2 Å². The van der Waals surface area contributed by atoms with Crippen LogP contribution in [-0.2, 0) is 22.6 Å². The van der Waals surface area contributed by atoms with E-state index in [-0.39, 0.29) is 12.4 Å². The molecule has 2 aromatic carbocycles. The maximum absolute atomic E-state index is 12.7. The fourth-order valence-electron chi connectivity index (χ4n) is 2.74. The van der Waals surface area contributed by atoms with Crippen molar-refractivity contribution < 1.29 is 26.3 Å². The average molecular weight is 443 g/mol. The molecule has 6 nitrogen and oxygen atoms in total. The second kappa shape index (κ2) is 9.84. The predicted octanol–water partition coefficient (Wildman–Crippen LogP) is 3.16. The summed E-state index contributed by atoms with van der Waals surface area (Å²) in [6, 6.07) is 9.78. The summed E-state index contributed by atoms with van der Waals surface area (Å²) in [7, 11) is -1.68. The fourth-order valence-corrected chi connectivity index (χ4v) is 3.70. The number of rotatable bonds is 7. The molecule has 0 saturated carbocycles. The molecule has 164 valence electrons. The molecular formula is C20H24F3N3O3S. The van der Waals surface area contributed by atoms with Gasteiger partial charge >= 0.3 is 6.18 Å². The molecule has 2 N–H and O–H groups in total. The summed E-state index contributed by atoms with van der Waals surface area (Å²) in [4.78, 5) is 4.36. The highest BCUT2D eigenvalue weighted by atomic mass is 32.2. The largest absolute Gasteiger partial charge is 0.492 e. The molecule has 0 fully saturated rings. The van der Waals surface area contributed by atoms with E-state index in [1.807, 2.05) is 0 Å². The van der Waals surface area contributed by atoms with Gasteiger partial charge in [0.1, 0.15) is 12.4 Å². The molecule has 0 amide bonds. The molecule has 0 atom stereocenters. The number of aliphatic imine (C=N–C) groups is 1. The lowest BCUT2D eigenvalue weighted by atomic mass is 10.1. The molecule has 0 aromatic heterocycles. The minimum absolute atomic E-state index is 0.135. The Labute approximate surface area is 174 Å². The Morgan fingerprint density at radius 3 is 2.47 bits per heavy atom. The summed E-state index contributed by atoms with van der Waals surface area (Å²) in [6.07, 6.45) is -3.25. The maximum atomic E-state index is 12.7. The van der Waals surface area contributed by atoms with Crippen molar-refractivity contribution in [3.05, 3.63) is 59.2 Å². The van der Waals surface area contributed by atoms with E-state index in [4.69, 9.17) is 4.74 Å². The number of nitrogens with zero attached hydrogens (tertiary/aromatic N) is 1. The Morgan fingerprint density at radius 2 is 1.87 bits per heavy atom. The minimum Gasteiger partial charge on any atom is -0.492 e. The van der Waals surface area contributed by atoms with Crippen LogP contribution >= 0.6 is 0 Å². The summed E-state index contributed by atoms with van der Waals surface area (Å²) in [5.74, 6) is 0.614. The van der Waals surface area contributed by atoms with E-state index in [0.29, 0.717) is 29.5 Å². The Bertz CT molecular complexity index is 1010. The zero-order valence-corrected chi connectivity index (χ0v) is 17.7. The van der Waals surface area contributed by atoms with Gasteiger partial charge in [-0.2, -0.15) is 13.2 Å². The lowest BCUT2D eigenvalue weighted by Crippen LogP contribution is -2.38. The van der Waals surface area contributed by atoms with Crippen LogP contribution in [0.25, 0.3) is 0 Å². The van der Waals surface area contributed by atoms with Crippen LogP contribution in [0.15, 0.2) is 52.4 Å². The van der Waals surface area contributed by atoms with Crippen LogP contribution in [0.3, 0.4) is 0 Å². The van der Waals surface area contributed by atoms with Crippen LogP contribution in [0, 0.1) is 6.92 Å². The minimum atomic E-state index is -4.42. The van der Waals surface area contributed by atoms with Gasteiger partial charge in [0.15, 0.2) is 15.8 Å². The number of alkyl halides is 3. The van der Waals surface area contributed by atoms with Crippen LogP contribution in [-0.4, -0.2) is 40.8 Å². The summed E-state index contributed by atoms with van der Waals surface area (Å²) in [5, 5.41) is 6.08. The first-order valence-electron chi connectivity index (χ1n) is 9.05. The summed E-state index contributed by atoms with van der Waals surface area (Å²) in [6.45, 7) is 2.61. The number of sulfone groups is 1. The Kier molecular flexibility index (Phi) is 7.71. The van der Waals surface area contributed by atoms with Gasteiger partial charge in [-0.15, -0.1) is 0 Å². The second-order valence-corrected chi connectivity index (χ2v) is 8.58. The predicted molar refractivity (Wildman–Crippen MR) is 109 cm³/mol. The first-order valence-corrected chi connectivity index (χ1v) is 10.9. The molecule has 0 spiro atoms. The molecule has 2 aromatic rings. The normalized spacial score (nSPS) is 12.5. The second-order valence-electron chi connectivity index (χ2n) is 6.60. The number of guanidine groups is 1. The Hall–Kier alpha value is -2.75. The topological polar surface area (TPSA) is 79.8 Å². The number of hydrogen-bond acceptors (Lipinski definition) is 4. The molecule has 0 aliphatic rings. The maximum Gasteiger partial charge on any atom is 0.416 e. The van der Waals surface area contributed by atoms with E-state index in [1.54, 1.807) is 32.2 Å². The number of hydrogen-bond donors (Lipinski definition) is 2. The molecule has 30 heavy (non-hydrogen) atoms. The molecule has 10 heteroatoms. The zero-order valence-electron chi connectivity index (χ0n) is 16.9. The first kappa shape index (κ1) is 23.5. The van der Waals surface area contributed by atoms with E-state index in [2.05, 4.69) is 15.6 Å². The number of halogens is 3. The van der Waals surface area contributed by atoms with Gasteiger partial charge in [-0.05, 0) is 42.3 Å². The van der Waals surface area contributed by atoms with E-state index < -0.39 is 21.6 Å². The fraction of sp³-hybridized carbons (Fsp3) is 0.350. The van der Waals surface area contributed by atoms with Crippen LogP contribution in [0.1, 0.15) is 16.7 Å². The van der Waals surface area contributed by atoms with Crippen LogP contribution < -0.4 is 15.4 Å². The van der Waals surface area contributed by atoms with Gasteiger partial charge in [0, 0.05) is 19.8 Å². The van der Waals surface area contributed by atoms with Crippen molar-refractivity contribution in [1.82, 2.24) is 10.6 Å². The third-order valence-electron chi connectivity index (χ3n) is 4.15. The van der Waals surface area contributed by atoms with E-state index in [1.165, 1.54) is 18.4 Å². The summed E-state index contributed by atoms with van der Waals surface area (Å²) in [5.41, 5.74) is 0.778. The first-order chi connectivity index (χ1) is 14.0. The summed E-state index contributed by atoms with van der Waals surface area (Å²) < 4.78 is 66.9. The van der Waals surface area contributed by atoms with Gasteiger partial charge in [-0.3, -0.25) is 4.99 Å². The van der Waals surface area contributed by atoms with E-state index in [9.17, 15) is 21.6 Å². The molecule has 0 radical (unpaired) electrons. The van der Waals surface area contributed by atoms with Crippen LogP contribution in [0.5, 0.6) is 5.75 Å². The van der Waals surface area contributed by atoms with Crippen molar-refractivity contribution in [2.24, 2.45) is 4.99 Å². The lowest BCUT2D eigenvalue weighted by molar-refractivity contribution is -0.137. The monoisotopic (exact) mass is 443 g/mol. The number of nitrogens with one attached hydrogen (secondary N) is 2. The highest BCUT2D eigenvalue weighted by molar-refractivity contribution is 7.90. The van der Waals surface area contributed by atoms with Gasteiger partial charge in [0.25, 0.3) is 0 Å².